The Kier molecular flexibility index (Phi) is 3.71. The fraction of sp³-hybridized carbons (Fsp3) is 0.250. The van der Waals surface area contributed by atoms with Crippen molar-refractivity contribution >= 4 is 35.1 Å². The molecule has 100 valence electrons. The number of imide groups is 1. The van der Waals surface area contributed by atoms with E-state index in [4.69, 9.17) is 16.7 Å². The van der Waals surface area contributed by atoms with Crippen LogP contribution in [0.15, 0.2) is 24.3 Å². The van der Waals surface area contributed by atoms with Gasteiger partial charge in [-0.1, -0.05) is 17.7 Å². The zero-order valence-electron chi connectivity index (χ0n) is 9.80. The van der Waals surface area contributed by atoms with E-state index >= 15 is 0 Å². The van der Waals surface area contributed by atoms with Crippen LogP contribution in [0.4, 0.5) is 5.69 Å². The zero-order valence-corrected chi connectivity index (χ0v) is 10.6. The molecule has 1 aromatic carbocycles. The third-order valence-electron chi connectivity index (χ3n) is 2.77. The third kappa shape index (κ3) is 3.03. The molecule has 0 spiro atoms. The molecule has 1 heterocycles. The number of carbonyl (C=O) groups excluding carboxylic acids is 2. The molecule has 2 amide bonds. The molecule has 0 bridgehead atoms. The van der Waals surface area contributed by atoms with E-state index in [0.717, 1.165) is 0 Å². The van der Waals surface area contributed by atoms with Gasteiger partial charge in [0.15, 0.2) is 0 Å². The Labute approximate surface area is 114 Å². The highest BCUT2D eigenvalue weighted by Crippen LogP contribution is 2.24. The van der Waals surface area contributed by atoms with Crippen LogP contribution in [0.1, 0.15) is 6.42 Å². The van der Waals surface area contributed by atoms with Gasteiger partial charge >= 0.3 is 5.97 Å². The Morgan fingerprint density at radius 1 is 1.47 bits per heavy atom. The Bertz CT molecular complexity index is 546. The molecule has 6 nitrogen and oxygen atoms in total. The number of carbonyl (C=O) groups is 3. The van der Waals surface area contributed by atoms with Crippen LogP contribution in [-0.2, 0) is 14.4 Å². The number of benzene rings is 1. The monoisotopic (exact) mass is 282 g/mol. The molecule has 0 radical (unpaired) electrons. The standard InChI is InChI=1S/C12H11ClN2O4/c13-7-2-1-3-8(4-7)15(6-11(17)18)9-5-10(16)14-12(9)19/h1-4,9H,5-6H2,(H,17,18)(H,14,16,19). The van der Waals surface area contributed by atoms with Crippen molar-refractivity contribution in [2.75, 3.05) is 11.4 Å². The summed E-state index contributed by atoms with van der Waals surface area (Å²) in [6.07, 6.45) is -0.0569. The van der Waals surface area contributed by atoms with Crippen LogP contribution >= 0.6 is 11.6 Å². The predicted molar refractivity (Wildman–Crippen MR) is 68.0 cm³/mol. The number of amides is 2. The van der Waals surface area contributed by atoms with Gasteiger partial charge in [0.25, 0.3) is 0 Å². The summed E-state index contributed by atoms with van der Waals surface area (Å²) in [7, 11) is 0. The number of anilines is 1. The Hall–Kier alpha value is -2.08. The molecule has 1 atom stereocenters. The van der Waals surface area contributed by atoms with E-state index in [1.165, 1.54) is 4.90 Å². The highest BCUT2D eigenvalue weighted by atomic mass is 35.5. The number of hydrogen-bond acceptors (Lipinski definition) is 4. The number of halogens is 1. The van der Waals surface area contributed by atoms with Gasteiger partial charge in [-0.2, -0.15) is 0 Å². The number of nitrogens with one attached hydrogen (secondary N) is 1. The molecule has 1 unspecified atom stereocenters. The van der Waals surface area contributed by atoms with Crippen LogP contribution in [0.25, 0.3) is 0 Å². The van der Waals surface area contributed by atoms with Crippen molar-refractivity contribution in [1.29, 1.82) is 0 Å². The summed E-state index contributed by atoms with van der Waals surface area (Å²) >= 11 is 5.86. The fourth-order valence-electron chi connectivity index (χ4n) is 1.97. The predicted octanol–water partition coefficient (Wildman–Crippen LogP) is 0.646. The first-order valence-corrected chi connectivity index (χ1v) is 5.93. The Morgan fingerprint density at radius 2 is 2.21 bits per heavy atom. The topological polar surface area (TPSA) is 86.7 Å². The molecule has 1 aliphatic heterocycles. The maximum Gasteiger partial charge on any atom is 0.323 e. The zero-order chi connectivity index (χ0) is 14.0. The normalized spacial score (nSPS) is 18.3. The van der Waals surface area contributed by atoms with Gasteiger partial charge in [0.2, 0.25) is 11.8 Å². The number of carboxylic acid groups (broad SMARTS) is 1. The average Bonchev–Trinajstić information content (AvgIpc) is 2.65. The van der Waals surface area contributed by atoms with Crippen LogP contribution in [0.3, 0.4) is 0 Å². The molecule has 1 aromatic rings. The second kappa shape index (κ2) is 5.27. The molecule has 1 saturated heterocycles. The van der Waals surface area contributed by atoms with Gasteiger partial charge in [-0.3, -0.25) is 19.7 Å². The molecule has 0 aromatic heterocycles. The van der Waals surface area contributed by atoms with Crippen LogP contribution < -0.4 is 10.2 Å². The highest BCUT2D eigenvalue weighted by molar-refractivity contribution is 6.30. The number of aliphatic carboxylic acids is 1. The van der Waals surface area contributed by atoms with E-state index in [0.29, 0.717) is 10.7 Å². The molecule has 1 fully saturated rings. The van der Waals surface area contributed by atoms with E-state index in [1.54, 1.807) is 24.3 Å². The lowest BCUT2D eigenvalue weighted by Gasteiger charge is -2.27. The van der Waals surface area contributed by atoms with Crippen molar-refractivity contribution in [3.05, 3.63) is 29.3 Å². The maximum atomic E-state index is 11.7. The van der Waals surface area contributed by atoms with Gasteiger partial charge in [0.1, 0.15) is 12.6 Å². The highest BCUT2D eigenvalue weighted by Gasteiger charge is 2.36. The lowest BCUT2D eigenvalue weighted by atomic mass is 10.1. The van der Waals surface area contributed by atoms with Crippen molar-refractivity contribution in [3.8, 4) is 0 Å². The summed E-state index contributed by atoms with van der Waals surface area (Å²) < 4.78 is 0. The Balaban J connectivity index is 2.33. The van der Waals surface area contributed by atoms with Gasteiger partial charge in [-0.05, 0) is 18.2 Å². The van der Waals surface area contributed by atoms with Crippen molar-refractivity contribution in [1.82, 2.24) is 5.32 Å². The number of rotatable bonds is 4. The smallest absolute Gasteiger partial charge is 0.323 e. The van der Waals surface area contributed by atoms with Gasteiger partial charge in [-0.25, -0.2) is 0 Å². The van der Waals surface area contributed by atoms with E-state index in [1.807, 2.05) is 0 Å². The first-order valence-electron chi connectivity index (χ1n) is 5.55. The number of carboxylic acids is 1. The average molecular weight is 283 g/mol. The molecule has 0 saturated carbocycles. The van der Waals surface area contributed by atoms with Crippen molar-refractivity contribution in [2.45, 2.75) is 12.5 Å². The quantitative estimate of drug-likeness (QED) is 0.792. The fourth-order valence-corrected chi connectivity index (χ4v) is 2.16. The molecule has 1 aliphatic rings. The van der Waals surface area contributed by atoms with Crippen LogP contribution in [0.5, 0.6) is 0 Å². The van der Waals surface area contributed by atoms with Crippen molar-refractivity contribution < 1.29 is 19.5 Å². The van der Waals surface area contributed by atoms with Crippen molar-refractivity contribution in [3.63, 3.8) is 0 Å². The second-order valence-corrected chi connectivity index (χ2v) is 4.57. The third-order valence-corrected chi connectivity index (χ3v) is 3.00. The van der Waals surface area contributed by atoms with Gasteiger partial charge in [-0.15, -0.1) is 0 Å². The minimum Gasteiger partial charge on any atom is -0.480 e. The lowest BCUT2D eigenvalue weighted by Crippen LogP contribution is -2.43. The molecule has 7 heteroatoms. The summed E-state index contributed by atoms with van der Waals surface area (Å²) in [5.74, 6) is -1.99. The largest absolute Gasteiger partial charge is 0.480 e. The Morgan fingerprint density at radius 3 is 2.74 bits per heavy atom. The number of nitrogens with zero attached hydrogens (tertiary/aromatic N) is 1. The van der Waals surface area contributed by atoms with E-state index in [-0.39, 0.29) is 13.0 Å². The van der Waals surface area contributed by atoms with Crippen molar-refractivity contribution in [2.24, 2.45) is 0 Å². The SMILES string of the molecule is O=C(O)CN(c1cccc(Cl)c1)C1CC(=O)NC1=O. The first kappa shape index (κ1) is 13.4. The summed E-state index contributed by atoms with van der Waals surface area (Å²) in [5, 5.41) is 11.5. The van der Waals surface area contributed by atoms with E-state index in [9.17, 15) is 14.4 Å². The summed E-state index contributed by atoms with van der Waals surface area (Å²) in [6.45, 7) is -0.383. The summed E-state index contributed by atoms with van der Waals surface area (Å²) in [4.78, 5) is 35.2. The first-order chi connectivity index (χ1) is 8.97. The van der Waals surface area contributed by atoms with Gasteiger partial charge in [0, 0.05) is 10.7 Å². The summed E-state index contributed by atoms with van der Waals surface area (Å²) in [6, 6.07) is 5.68. The van der Waals surface area contributed by atoms with Gasteiger partial charge < -0.3 is 10.0 Å². The van der Waals surface area contributed by atoms with E-state index < -0.39 is 23.8 Å². The molecule has 0 aliphatic carbocycles. The van der Waals surface area contributed by atoms with Crippen LogP contribution in [-0.4, -0.2) is 35.5 Å². The molecule has 2 N–H and O–H groups in total. The van der Waals surface area contributed by atoms with Crippen LogP contribution in [0.2, 0.25) is 5.02 Å². The van der Waals surface area contributed by atoms with Gasteiger partial charge in [0.05, 0.1) is 6.42 Å². The van der Waals surface area contributed by atoms with Crippen LogP contribution in [0, 0.1) is 0 Å². The second-order valence-electron chi connectivity index (χ2n) is 4.13. The molecule has 2 rings (SSSR count). The summed E-state index contributed by atoms with van der Waals surface area (Å²) in [5.41, 5.74) is 0.491. The minimum absolute atomic E-state index is 0.0569. The maximum absolute atomic E-state index is 11.7. The van der Waals surface area contributed by atoms with E-state index in [2.05, 4.69) is 5.32 Å². The molecular weight excluding hydrogens is 272 g/mol. The molecule has 19 heavy (non-hydrogen) atoms. The lowest BCUT2D eigenvalue weighted by molar-refractivity contribution is -0.135. The minimum atomic E-state index is -1.09. The molecular formula is C12H11ClN2O4. The number of hydrogen-bond donors (Lipinski definition) is 2.